The smallest absolute Gasteiger partial charge is 0.481 e. The highest BCUT2D eigenvalue weighted by molar-refractivity contribution is 7.80. The first-order valence-corrected chi connectivity index (χ1v) is 8.13. The van der Waals surface area contributed by atoms with Crippen molar-refractivity contribution in [2.75, 3.05) is 20.0 Å². The molecule has 2 rings (SSSR count). The van der Waals surface area contributed by atoms with Crippen LogP contribution in [-0.2, 0) is 9.31 Å². The molecule has 0 amide bonds. The molecule has 1 aromatic rings. The summed E-state index contributed by atoms with van der Waals surface area (Å²) in [5, 5.41) is 0. The average Bonchev–Trinajstić information content (AvgIpc) is 2.72. The number of hydrogen-bond donors (Lipinski definition) is 1. The molecule has 0 saturated carbocycles. The van der Waals surface area contributed by atoms with E-state index < -0.39 is 7.12 Å². The van der Waals surface area contributed by atoms with Crippen LogP contribution in [-0.4, -0.2) is 43.3 Å². The summed E-state index contributed by atoms with van der Waals surface area (Å²) in [6.45, 7) is 8.11. The third-order valence-corrected chi connectivity index (χ3v) is 4.71. The number of rotatable bonds is 5. The number of aromatic nitrogens is 1. The van der Waals surface area contributed by atoms with Gasteiger partial charge in [-0.1, -0.05) is 6.08 Å². The standard InChI is InChI=1S/C16H24BNO4S/c1-15(2)16(3,4)22-17(21-15)12(10-23)9-11-7-8-13(19-5)18-14(11)20-6/h7-9,23H,10H2,1-6H3. The van der Waals surface area contributed by atoms with E-state index in [-0.39, 0.29) is 11.2 Å². The molecule has 1 aliphatic rings. The van der Waals surface area contributed by atoms with Gasteiger partial charge in [-0.15, -0.1) is 0 Å². The van der Waals surface area contributed by atoms with Crippen molar-refractivity contribution in [2.45, 2.75) is 38.9 Å². The molecule has 1 fully saturated rings. The summed E-state index contributed by atoms with van der Waals surface area (Å²) >= 11 is 4.42. The van der Waals surface area contributed by atoms with E-state index in [1.807, 2.05) is 39.8 Å². The molecular formula is C16H24BNO4S. The zero-order chi connectivity index (χ0) is 17.3. The van der Waals surface area contributed by atoms with Crippen molar-refractivity contribution < 1.29 is 18.8 Å². The second-order valence-corrected chi connectivity index (χ2v) is 6.73. The summed E-state index contributed by atoms with van der Waals surface area (Å²) < 4.78 is 22.6. The monoisotopic (exact) mass is 337 g/mol. The van der Waals surface area contributed by atoms with E-state index in [2.05, 4.69) is 17.6 Å². The number of nitrogens with zero attached hydrogens (tertiary/aromatic N) is 1. The lowest BCUT2D eigenvalue weighted by Crippen LogP contribution is -2.41. The molecular weight excluding hydrogens is 313 g/mol. The Labute approximate surface area is 143 Å². The molecule has 23 heavy (non-hydrogen) atoms. The Balaban J connectivity index is 2.33. The molecule has 0 aromatic carbocycles. The van der Waals surface area contributed by atoms with Gasteiger partial charge < -0.3 is 18.8 Å². The lowest BCUT2D eigenvalue weighted by Gasteiger charge is -2.32. The Morgan fingerprint density at radius 3 is 2.26 bits per heavy atom. The SMILES string of the molecule is COc1ccc(C=C(CS)B2OC(C)(C)C(C)(C)O2)c(OC)n1. The molecule has 0 radical (unpaired) electrons. The van der Waals surface area contributed by atoms with Crippen molar-refractivity contribution >= 4 is 25.8 Å². The first kappa shape index (κ1) is 18.2. The fraction of sp³-hybridized carbons (Fsp3) is 0.562. The quantitative estimate of drug-likeness (QED) is 0.661. The summed E-state index contributed by atoms with van der Waals surface area (Å²) in [7, 11) is 2.71. The molecule has 0 N–H and O–H groups in total. The van der Waals surface area contributed by atoms with Gasteiger partial charge in [0, 0.05) is 17.4 Å². The Morgan fingerprint density at radius 1 is 1.17 bits per heavy atom. The van der Waals surface area contributed by atoms with Gasteiger partial charge in [0.1, 0.15) is 0 Å². The van der Waals surface area contributed by atoms with Gasteiger partial charge >= 0.3 is 7.12 Å². The summed E-state index contributed by atoms with van der Waals surface area (Å²) in [6.07, 6.45) is 1.94. The minimum absolute atomic E-state index is 0.387. The zero-order valence-corrected chi connectivity index (χ0v) is 15.4. The van der Waals surface area contributed by atoms with Gasteiger partial charge in [0.25, 0.3) is 0 Å². The second-order valence-electron chi connectivity index (χ2n) is 6.42. The van der Waals surface area contributed by atoms with Crippen molar-refractivity contribution in [3.63, 3.8) is 0 Å². The van der Waals surface area contributed by atoms with Crippen LogP contribution in [0.3, 0.4) is 0 Å². The van der Waals surface area contributed by atoms with Crippen LogP contribution in [0.25, 0.3) is 6.08 Å². The molecule has 7 heteroatoms. The lowest BCUT2D eigenvalue weighted by atomic mass is 9.78. The van der Waals surface area contributed by atoms with Crippen LogP contribution in [0.4, 0.5) is 0 Å². The summed E-state index contributed by atoms with van der Waals surface area (Å²) in [6, 6.07) is 3.67. The van der Waals surface area contributed by atoms with Crippen LogP contribution in [0, 0.1) is 0 Å². The molecule has 0 bridgehead atoms. The third kappa shape index (κ3) is 3.67. The molecule has 0 unspecified atom stereocenters. The van der Waals surface area contributed by atoms with Crippen LogP contribution < -0.4 is 9.47 Å². The highest BCUT2D eigenvalue weighted by Gasteiger charge is 2.52. The van der Waals surface area contributed by atoms with Gasteiger partial charge in [0.15, 0.2) is 0 Å². The average molecular weight is 337 g/mol. The molecule has 1 aliphatic heterocycles. The summed E-state index contributed by atoms with van der Waals surface area (Å²) in [4.78, 5) is 4.29. The molecule has 1 aromatic heterocycles. The molecule has 1 saturated heterocycles. The third-order valence-electron chi connectivity index (χ3n) is 4.35. The molecule has 0 spiro atoms. The minimum Gasteiger partial charge on any atom is -0.481 e. The summed E-state index contributed by atoms with van der Waals surface area (Å²) in [5.74, 6) is 1.49. The number of hydrogen-bond acceptors (Lipinski definition) is 6. The highest BCUT2D eigenvalue weighted by atomic mass is 32.1. The van der Waals surface area contributed by atoms with E-state index in [9.17, 15) is 0 Å². The van der Waals surface area contributed by atoms with E-state index in [0.717, 1.165) is 11.0 Å². The maximum atomic E-state index is 6.08. The van der Waals surface area contributed by atoms with Gasteiger partial charge in [-0.3, -0.25) is 0 Å². The molecule has 0 aliphatic carbocycles. The molecule has 2 heterocycles. The Kier molecular flexibility index (Phi) is 5.33. The van der Waals surface area contributed by atoms with E-state index in [1.165, 1.54) is 0 Å². The zero-order valence-electron chi connectivity index (χ0n) is 14.5. The topological polar surface area (TPSA) is 49.8 Å². The van der Waals surface area contributed by atoms with Crippen LogP contribution in [0.1, 0.15) is 33.3 Å². The fourth-order valence-electron chi connectivity index (χ4n) is 2.20. The van der Waals surface area contributed by atoms with E-state index in [1.54, 1.807) is 20.3 Å². The molecule has 5 nitrogen and oxygen atoms in total. The van der Waals surface area contributed by atoms with Gasteiger partial charge in [0.05, 0.1) is 25.4 Å². The maximum Gasteiger partial charge on any atom is 0.491 e. The lowest BCUT2D eigenvalue weighted by molar-refractivity contribution is 0.00578. The van der Waals surface area contributed by atoms with Crippen LogP contribution in [0.5, 0.6) is 11.8 Å². The molecule has 0 atom stereocenters. The Morgan fingerprint density at radius 2 is 1.78 bits per heavy atom. The van der Waals surface area contributed by atoms with E-state index >= 15 is 0 Å². The van der Waals surface area contributed by atoms with Gasteiger partial charge in [-0.25, -0.2) is 0 Å². The highest BCUT2D eigenvalue weighted by Crippen LogP contribution is 2.39. The number of pyridine rings is 1. The predicted molar refractivity (Wildman–Crippen MR) is 95.3 cm³/mol. The molecule has 126 valence electrons. The fourth-order valence-corrected chi connectivity index (χ4v) is 2.44. The van der Waals surface area contributed by atoms with E-state index in [4.69, 9.17) is 18.8 Å². The van der Waals surface area contributed by atoms with Crippen molar-refractivity contribution in [2.24, 2.45) is 0 Å². The second kappa shape index (κ2) is 6.75. The number of thiol groups is 1. The van der Waals surface area contributed by atoms with Crippen molar-refractivity contribution in [3.05, 3.63) is 23.2 Å². The van der Waals surface area contributed by atoms with Crippen LogP contribution >= 0.6 is 12.6 Å². The van der Waals surface area contributed by atoms with Crippen LogP contribution in [0.2, 0.25) is 0 Å². The number of ether oxygens (including phenoxy) is 2. The van der Waals surface area contributed by atoms with Gasteiger partial charge in [-0.2, -0.15) is 17.6 Å². The van der Waals surface area contributed by atoms with E-state index in [0.29, 0.717) is 17.5 Å². The normalized spacial score (nSPS) is 19.8. The van der Waals surface area contributed by atoms with Crippen molar-refractivity contribution in [1.82, 2.24) is 4.98 Å². The summed E-state index contributed by atoms with van der Waals surface area (Å²) in [5.41, 5.74) is 0.966. The Bertz CT molecular complexity index is 588. The first-order valence-electron chi connectivity index (χ1n) is 7.50. The van der Waals surface area contributed by atoms with Crippen molar-refractivity contribution in [1.29, 1.82) is 0 Å². The van der Waals surface area contributed by atoms with Gasteiger partial charge in [0.2, 0.25) is 11.8 Å². The predicted octanol–water partition coefficient (Wildman–Crippen LogP) is 3.04. The number of methoxy groups -OCH3 is 2. The van der Waals surface area contributed by atoms with Crippen molar-refractivity contribution in [3.8, 4) is 11.8 Å². The minimum atomic E-state index is -0.440. The first-order chi connectivity index (χ1) is 10.7. The largest absolute Gasteiger partial charge is 0.491 e. The maximum absolute atomic E-state index is 6.08. The van der Waals surface area contributed by atoms with Crippen LogP contribution in [0.15, 0.2) is 17.6 Å². The van der Waals surface area contributed by atoms with Gasteiger partial charge in [-0.05, 0) is 39.2 Å². The Hall–Kier alpha value is -1.18.